The van der Waals surface area contributed by atoms with Crippen LogP contribution in [0.4, 0.5) is 24.8 Å². The topological polar surface area (TPSA) is 144 Å². The third-order valence-electron chi connectivity index (χ3n) is 6.19. The van der Waals surface area contributed by atoms with E-state index >= 15 is 0 Å². The summed E-state index contributed by atoms with van der Waals surface area (Å²) in [5.41, 5.74) is 0.458. The quantitative estimate of drug-likeness (QED) is 0.279. The lowest BCUT2D eigenvalue weighted by atomic mass is 9.89. The number of nitriles is 1. The maximum atomic E-state index is 13.5. The number of ether oxygens (including phenoxy) is 1. The normalized spacial score (nSPS) is 14.9. The molecule has 4 rings (SSSR count). The van der Waals surface area contributed by atoms with Crippen LogP contribution in [0, 0.1) is 11.3 Å². The second-order valence-electron chi connectivity index (χ2n) is 10.0. The number of fused-ring (bicyclic) bond motifs is 1. The van der Waals surface area contributed by atoms with Crippen LogP contribution in [0.5, 0.6) is 0 Å². The van der Waals surface area contributed by atoms with Crippen molar-refractivity contribution in [1.29, 1.82) is 5.26 Å². The third-order valence-corrected chi connectivity index (χ3v) is 6.19. The van der Waals surface area contributed by atoms with Gasteiger partial charge in [0.05, 0.1) is 51.0 Å². The molecule has 3 aromatic rings. The van der Waals surface area contributed by atoms with Crippen LogP contribution in [0.1, 0.15) is 35.2 Å². The molecule has 2 aromatic carbocycles. The minimum Gasteiger partial charge on any atom is -0.554 e. The van der Waals surface area contributed by atoms with Gasteiger partial charge in [0.25, 0.3) is 0 Å². The largest absolute Gasteiger partial charge is 0.554 e. The van der Waals surface area contributed by atoms with Crippen molar-refractivity contribution in [1.82, 2.24) is 14.8 Å². The average molecular weight is 573 g/mol. The molecule has 1 atom stereocenters. The van der Waals surface area contributed by atoms with Gasteiger partial charge in [0.15, 0.2) is 0 Å². The fourth-order valence-corrected chi connectivity index (χ4v) is 4.67. The molecule has 1 aromatic heterocycles. The van der Waals surface area contributed by atoms with E-state index in [4.69, 9.17) is 14.6 Å². The van der Waals surface area contributed by atoms with Crippen molar-refractivity contribution in [2.45, 2.75) is 25.7 Å². The van der Waals surface area contributed by atoms with Crippen LogP contribution in [0.3, 0.4) is 0 Å². The summed E-state index contributed by atoms with van der Waals surface area (Å²) in [5, 5.41) is 24.2. The number of carbonyl (C=O) groups excluding carboxylic acids is 2. The van der Waals surface area contributed by atoms with Crippen molar-refractivity contribution >= 4 is 24.1 Å². The zero-order valence-corrected chi connectivity index (χ0v) is 22.8. The number of benzene rings is 2. The number of hydrogen-bond acceptors (Lipinski definition) is 8. The zero-order valence-electron chi connectivity index (χ0n) is 22.8. The van der Waals surface area contributed by atoms with Crippen molar-refractivity contribution in [2.24, 2.45) is 0 Å². The van der Waals surface area contributed by atoms with Gasteiger partial charge in [-0.2, -0.15) is 18.4 Å². The molecule has 1 unspecified atom stereocenters. The number of H-pyrrole nitrogens is 1. The molecule has 0 radical (unpaired) electrons. The highest BCUT2D eigenvalue weighted by molar-refractivity contribution is 5.93. The number of aromatic nitrogens is 3. The highest BCUT2D eigenvalue weighted by Crippen LogP contribution is 2.43. The number of anilines is 2. The third kappa shape index (κ3) is 6.30. The van der Waals surface area contributed by atoms with Gasteiger partial charge in [-0.3, -0.25) is 4.90 Å². The molecule has 0 spiro atoms. The lowest BCUT2D eigenvalue weighted by Crippen LogP contribution is -2.39. The molecule has 0 amide bonds. The van der Waals surface area contributed by atoms with Gasteiger partial charge in [-0.25, -0.2) is 19.3 Å². The maximum absolute atomic E-state index is 13.5. The number of allylic oxidation sites excluding steroid dienone is 1. The first-order valence-corrected chi connectivity index (χ1v) is 12.0. The summed E-state index contributed by atoms with van der Waals surface area (Å²) in [4.78, 5) is 35.9. The number of halogens is 3. The Labute approximate surface area is 232 Å². The predicted molar refractivity (Wildman–Crippen MR) is 138 cm³/mol. The number of esters is 1. The van der Waals surface area contributed by atoms with Crippen LogP contribution in [0.2, 0.25) is 0 Å². The molecule has 11 nitrogen and oxygen atoms in total. The Hall–Kier alpha value is -4.90. The fourth-order valence-electron chi connectivity index (χ4n) is 4.67. The zero-order chi connectivity index (χ0) is 30.7. The number of carboxylic acid groups (broad SMARTS) is 1. The Bertz CT molecular complexity index is 1590. The number of nitrogens with zero attached hydrogens (tertiary/aromatic N) is 5. The highest BCUT2D eigenvalue weighted by atomic mass is 19.4. The molecule has 0 aliphatic carbocycles. The maximum Gasteiger partial charge on any atom is 0.416 e. The van der Waals surface area contributed by atoms with Gasteiger partial charge in [-0.15, -0.1) is 5.10 Å². The van der Waals surface area contributed by atoms with E-state index in [0.717, 1.165) is 12.1 Å². The summed E-state index contributed by atoms with van der Waals surface area (Å²) >= 11 is 0. The monoisotopic (exact) mass is 572 g/mol. The standard InChI is InChI=1S/C26H25F3N6O3.CH2O2/c1-15-21(23(36)38-5)22(20-10-9-16(13-30)11-17(20)14-35(2,3)4)34-24(31-32-25(34)37)33(15)19-8-6-7-18(12-19)26(27,28)29;2-1-3/h6-12,22H,14H2,1-5H3;1H,(H,2,3). The molecular formula is C27H27F3N6O5. The minimum absolute atomic E-state index is 0.00466. The number of alkyl halides is 3. The number of hydrogen-bond donors (Lipinski definition) is 1. The van der Waals surface area contributed by atoms with E-state index in [0.29, 0.717) is 27.7 Å². The molecule has 14 heteroatoms. The first kappa shape index (κ1) is 30.6. The van der Waals surface area contributed by atoms with E-state index in [-0.39, 0.29) is 22.9 Å². The second-order valence-corrected chi connectivity index (χ2v) is 10.0. The molecule has 0 saturated carbocycles. The Kier molecular flexibility index (Phi) is 8.73. The molecule has 1 aliphatic rings. The Morgan fingerprint density at radius 3 is 2.46 bits per heavy atom. The summed E-state index contributed by atoms with van der Waals surface area (Å²) in [5.74, 6) is -0.756. The van der Waals surface area contributed by atoms with Crippen LogP contribution >= 0.6 is 0 Å². The molecule has 0 saturated heterocycles. The van der Waals surface area contributed by atoms with Crippen molar-refractivity contribution in [3.63, 3.8) is 0 Å². The molecule has 0 bridgehead atoms. The van der Waals surface area contributed by atoms with Crippen LogP contribution in [0.15, 0.2) is 58.5 Å². The van der Waals surface area contributed by atoms with Gasteiger partial charge in [-0.05, 0) is 42.8 Å². The molecule has 1 N–H and O–H groups in total. The van der Waals surface area contributed by atoms with Crippen LogP contribution in [-0.2, 0) is 27.0 Å². The van der Waals surface area contributed by atoms with E-state index in [1.807, 2.05) is 21.1 Å². The lowest BCUT2D eigenvalue weighted by molar-refractivity contribution is -0.884. The second kappa shape index (κ2) is 11.7. The van der Waals surface area contributed by atoms with Gasteiger partial charge in [0.2, 0.25) is 5.95 Å². The summed E-state index contributed by atoms with van der Waals surface area (Å²) in [6, 6.07) is 10.6. The predicted octanol–water partition coefficient (Wildman–Crippen LogP) is 2.22. The van der Waals surface area contributed by atoms with Crippen molar-refractivity contribution in [2.75, 3.05) is 33.2 Å². The van der Waals surface area contributed by atoms with Crippen LogP contribution in [-0.4, -0.2) is 59.9 Å². The Morgan fingerprint density at radius 1 is 1.24 bits per heavy atom. The van der Waals surface area contributed by atoms with Crippen molar-refractivity contribution in [3.05, 3.63) is 86.5 Å². The fraction of sp³-hybridized carbons (Fsp3) is 0.296. The Morgan fingerprint density at radius 2 is 1.90 bits per heavy atom. The number of nitrogens with one attached hydrogen (secondary N) is 1. The van der Waals surface area contributed by atoms with Gasteiger partial charge >= 0.3 is 17.8 Å². The van der Waals surface area contributed by atoms with Gasteiger partial charge in [0, 0.05) is 23.4 Å². The first-order chi connectivity index (χ1) is 19.2. The number of aromatic amines is 1. The Balaban J connectivity index is 0.00000147. The van der Waals surface area contributed by atoms with Gasteiger partial charge < -0.3 is 19.1 Å². The average Bonchev–Trinajstić information content (AvgIpc) is 3.27. The smallest absolute Gasteiger partial charge is 0.416 e. The van der Waals surface area contributed by atoms with Gasteiger partial charge in [-0.1, -0.05) is 12.1 Å². The van der Waals surface area contributed by atoms with Crippen LogP contribution < -0.4 is 15.7 Å². The summed E-state index contributed by atoms with van der Waals surface area (Å²) in [7, 11) is 7.05. The van der Waals surface area contributed by atoms with E-state index < -0.39 is 35.9 Å². The molecule has 216 valence electrons. The summed E-state index contributed by atoms with van der Waals surface area (Å²) < 4.78 is 47.3. The summed E-state index contributed by atoms with van der Waals surface area (Å²) in [6.45, 7) is 1.51. The summed E-state index contributed by atoms with van der Waals surface area (Å²) in [6.07, 6.45) is -4.61. The van der Waals surface area contributed by atoms with E-state index in [1.165, 1.54) is 28.7 Å². The van der Waals surface area contributed by atoms with Crippen LogP contribution in [0.25, 0.3) is 0 Å². The van der Waals surface area contributed by atoms with Crippen molar-refractivity contribution in [3.8, 4) is 6.07 Å². The van der Waals surface area contributed by atoms with E-state index in [1.54, 1.807) is 25.1 Å². The number of methoxy groups -OCH3 is 1. The molecule has 41 heavy (non-hydrogen) atoms. The SMILES string of the molecule is COC(=O)C1=C(C)N(c2cccc(C(F)(F)F)c2)c2n[nH]c(=O)n2C1c1ccc(C#N)cc1C[N+](C)(C)C.O=C[O-]. The molecule has 0 fully saturated rings. The van der Waals surface area contributed by atoms with Crippen molar-refractivity contribution < 1.29 is 37.1 Å². The number of carbonyl (C=O) groups is 2. The van der Waals surface area contributed by atoms with E-state index in [2.05, 4.69) is 16.3 Å². The minimum atomic E-state index is -4.61. The number of quaternary nitrogens is 1. The number of rotatable bonds is 5. The highest BCUT2D eigenvalue weighted by Gasteiger charge is 2.41. The first-order valence-electron chi connectivity index (χ1n) is 12.0. The lowest BCUT2D eigenvalue weighted by Gasteiger charge is -2.36. The van der Waals surface area contributed by atoms with E-state index in [9.17, 15) is 28.0 Å². The molecule has 1 aliphatic heterocycles. The molecule has 2 heterocycles. The molecular weight excluding hydrogens is 545 g/mol. The van der Waals surface area contributed by atoms with Gasteiger partial charge in [0.1, 0.15) is 12.6 Å².